The second-order valence-electron chi connectivity index (χ2n) is 5.03. The van der Waals surface area contributed by atoms with Crippen LogP contribution in [0.4, 0.5) is 5.69 Å². The number of amides is 1. The van der Waals surface area contributed by atoms with E-state index in [9.17, 15) is 9.59 Å². The maximum atomic E-state index is 12.0. The van der Waals surface area contributed by atoms with Crippen LogP contribution in [0, 0.1) is 3.57 Å². The molecule has 0 aliphatic carbocycles. The van der Waals surface area contributed by atoms with Gasteiger partial charge in [0.05, 0.1) is 17.9 Å². The Morgan fingerprint density at radius 1 is 1.22 bits per heavy atom. The van der Waals surface area contributed by atoms with Gasteiger partial charge in [-0.05, 0) is 58.5 Å². The van der Waals surface area contributed by atoms with Gasteiger partial charge in [0.1, 0.15) is 5.75 Å². The molecule has 0 radical (unpaired) electrons. The van der Waals surface area contributed by atoms with Gasteiger partial charge < -0.3 is 14.8 Å². The minimum atomic E-state index is -0.516. The van der Waals surface area contributed by atoms with Crippen LogP contribution in [0.1, 0.15) is 15.9 Å². The molecular formula is C17H14INO4. The lowest BCUT2D eigenvalue weighted by atomic mass is 10.1. The van der Waals surface area contributed by atoms with Crippen molar-refractivity contribution in [2.45, 2.75) is 6.42 Å². The highest BCUT2D eigenvalue weighted by atomic mass is 127. The van der Waals surface area contributed by atoms with Crippen LogP contribution in [0.2, 0.25) is 0 Å². The summed E-state index contributed by atoms with van der Waals surface area (Å²) in [6, 6.07) is 12.5. The third-order valence-corrected chi connectivity index (χ3v) is 4.35. The standard InChI is InChI=1S/C17H14INO4/c18-13-3-1-2-4-14(13)19-16(20)10-23-17(21)12-5-6-15-11(9-12)7-8-22-15/h1-6,9H,7-8,10H2,(H,19,20). The molecule has 3 rings (SSSR count). The van der Waals surface area contributed by atoms with Crippen molar-refractivity contribution in [3.8, 4) is 5.75 Å². The minimum absolute atomic E-state index is 0.322. The van der Waals surface area contributed by atoms with Crippen LogP contribution in [0.25, 0.3) is 0 Å². The van der Waals surface area contributed by atoms with E-state index < -0.39 is 5.97 Å². The zero-order chi connectivity index (χ0) is 16.2. The minimum Gasteiger partial charge on any atom is -0.493 e. The van der Waals surface area contributed by atoms with Crippen LogP contribution in [0.5, 0.6) is 5.75 Å². The molecule has 0 saturated carbocycles. The summed E-state index contributed by atoms with van der Waals surface area (Å²) < 4.78 is 11.4. The molecule has 0 saturated heterocycles. The number of hydrogen-bond acceptors (Lipinski definition) is 4. The second-order valence-corrected chi connectivity index (χ2v) is 6.19. The maximum Gasteiger partial charge on any atom is 0.338 e. The van der Waals surface area contributed by atoms with E-state index in [1.54, 1.807) is 24.3 Å². The van der Waals surface area contributed by atoms with E-state index in [1.165, 1.54) is 0 Å². The number of rotatable bonds is 4. The first-order valence-corrected chi connectivity index (χ1v) is 8.18. The molecule has 0 spiro atoms. The fourth-order valence-corrected chi connectivity index (χ4v) is 2.80. The van der Waals surface area contributed by atoms with E-state index in [4.69, 9.17) is 9.47 Å². The van der Waals surface area contributed by atoms with Crippen molar-refractivity contribution in [1.82, 2.24) is 0 Å². The molecule has 0 aromatic heterocycles. The van der Waals surface area contributed by atoms with Gasteiger partial charge in [0.25, 0.3) is 5.91 Å². The molecule has 1 amide bonds. The van der Waals surface area contributed by atoms with Crippen LogP contribution in [0.15, 0.2) is 42.5 Å². The van der Waals surface area contributed by atoms with Gasteiger partial charge in [-0.15, -0.1) is 0 Å². The molecule has 0 fully saturated rings. The molecular weight excluding hydrogens is 409 g/mol. The maximum absolute atomic E-state index is 12.0. The highest BCUT2D eigenvalue weighted by Crippen LogP contribution is 2.26. The molecule has 2 aromatic rings. The zero-order valence-electron chi connectivity index (χ0n) is 12.2. The lowest BCUT2D eigenvalue weighted by molar-refractivity contribution is -0.119. The molecule has 23 heavy (non-hydrogen) atoms. The first-order valence-electron chi connectivity index (χ1n) is 7.11. The summed E-state index contributed by atoms with van der Waals surface area (Å²) in [7, 11) is 0. The van der Waals surface area contributed by atoms with Gasteiger partial charge in [0.2, 0.25) is 0 Å². The molecule has 1 heterocycles. The molecule has 0 atom stereocenters. The van der Waals surface area contributed by atoms with Crippen molar-refractivity contribution in [3.63, 3.8) is 0 Å². The molecule has 118 valence electrons. The molecule has 2 aromatic carbocycles. The summed E-state index contributed by atoms with van der Waals surface area (Å²) in [4.78, 5) is 23.9. The first-order chi connectivity index (χ1) is 11.1. The average molecular weight is 423 g/mol. The fourth-order valence-electron chi connectivity index (χ4n) is 2.28. The quantitative estimate of drug-likeness (QED) is 0.607. The monoisotopic (exact) mass is 423 g/mol. The first kappa shape index (κ1) is 15.8. The highest BCUT2D eigenvalue weighted by Gasteiger charge is 2.16. The molecule has 1 N–H and O–H groups in total. The SMILES string of the molecule is O=C(COC(=O)c1ccc2c(c1)CCO2)Nc1ccccc1I. The van der Waals surface area contributed by atoms with E-state index in [1.807, 2.05) is 18.2 Å². The number of benzene rings is 2. The van der Waals surface area contributed by atoms with Crippen LogP contribution in [-0.2, 0) is 16.0 Å². The van der Waals surface area contributed by atoms with Crippen LogP contribution < -0.4 is 10.1 Å². The van der Waals surface area contributed by atoms with Gasteiger partial charge in [0, 0.05) is 9.99 Å². The Labute approximate surface area is 147 Å². The van der Waals surface area contributed by atoms with Crippen molar-refractivity contribution in [3.05, 3.63) is 57.2 Å². The molecule has 0 bridgehead atoms. The van der Waals surface area contributed by atoms with Gasteiger partial charge in [-0.1, -0.05) is 12.1 Å². The lowest BCUT2D eigenvalue weighted by Gasteiger charge is -2.08. The molecule has 1 aliphatic rings. The van der Waals surface area contributed by atoms with Gasteiger partial charge >= 0.3 is 5.97 Å². The molecule has 1 aliphatic heterocycles. The number of hydrogen-bond donors (Lipinski definition) is 1. The molecule has 6 heteroatoms. The largest absolute Gasteiger partial charge is 0.493 e. The third kappa shape index (κ3) is 3.82. The predicted molar refractivity (Wildman–Crippen MR) is 93.7 cm³/mol. The summed E-state index contributed by atoms with van der Waals surface area (Å²) in [5.41, 5.74) is 2.11. The number of halogens is 1. The number of carbonyl (C=O) groups is 2. The average Bonchev–Trinajstić information content (AvgIpc) is 3.02. The van der Waals surface area contributed by atoms with Crippen LogP contribution in [0.3, 0.4) is 0 Å². The number of fused-ring (bicyclic) bond motifs is 1. The number of ether oxygens (including phenoxy) is 2. The topological polar surface area (TPSA) is 64.6 Å². The normalized spacial score (nSPS) is 12.2. The van der Waals surface area contributed by atoms with Crippen molar-refractivity contribution < 1.29 is 19.1 Å². The van der Waals surface area contributed by atoms with Crippen molar-refractivity contribution in [2.75, 3.05) is 18.5 Å². The number of nitrogens with one attached hydrogen (secondary N) is 1. The summed E-state index contributed by atoms with van der Waals surface area (Å²) in [5, 5.41) is 2.72. The Kier molecular flexibility index (Phi) is 4.80. The van der Waals surface area contributed by atoms with E-state index in [0.29, 0.717) is 17.9 Å². The van der Waals surface area contributed by atoms with E-state index in [2.05, 4.69) is 27.9 Å². The predicted octanol–water partition coefficient (Wildman–Crippen LogP) is 3.02. The van der Waals surface area contributed by atoms with Gasteiger partial charge in [-0.3, -0.25) is 4.79 Å². The van der Waals surface area contributed by atoms with Crippen LogP contribution in [-0.4, -0.2) is 25.1 Å². The Morgan fingerprint density at radius 2 is 2.04 bits per heavy atom. The van der Waals surface area contributed by atoms with Crippen molar-refractivity contribution in [1.29, 1.82) is 0 Å². The highest BCUT2D eigenvalue weighted by molar-refractivity contribution is 14.1. The second kappa shape index (κ2) is 6.99. The van der Waals surface area contributed by atoms with Crippen LogP contribution >= 0.6 is 22.6 Å². The Morgan fingerprint density at radius 3 is 2.87 bits per heavy atom. The third-order valence-electron chi connectivity index (χ3n) is 3.41. The van der Waals surface area contributed by atoms with Crippen molar-refractivity contribution in [2.24, 2.45) is 0 Å². The number of anilines is 1. The summed E-state index contributed by atoms with van der Waals surface area (Å²) in [6.07, 6.45) is 0.781. The van der Waals surface area contributed by atoms with Gasteiger partial charge in [0.15, 0.2) is 6.61 Å². The summed E-state index contributed by atoms with van der Waals surface area (Å²) >= 11 is 2.13. The molecule has 0 unspecified atom stereocenters. The molecule has 5 nitrogen and oxygen atoms in total. The Hall–Kier alpha value is -2.09. The lowest BCUT2D eigenvalue weighted by Crippen LogP contribution is -2.21. The van der Waals surface area contributed by atoms with Crippen molar-refractivity contribution >= 4 is 40.2 Å². The summed E-state index contributed by atoms with van der Waals surface area (Å²) in [6.45, 7) is 0.309. The Bertz CT molecular complexity index is 760. The number of carbonyl (C=O) groups excluding carboxylic acids is 2. The van der Waals surface area contributed by atoms with Gasteiger partial charge in [-0.2, -0.15) is 0 Å². The van der Waals surface area contributed by atoms with E-state index in [0.717, 1.165) is 21.3 Å². The smallest absolute Gasteiger partial charge is 0.338 e. The zero-order valence-corrected chi connectivity index (χ0v) is 14.3. The number of para-hydroxylation sites is 1. The summed E-state index contributed by atoms with van der Waals surface area (Å²) in [5.74, 6) is -0.0810. The Balaban J connectivity index is 1.56. The van der Waals surface area contributed by atoms with E-state index >= 15 is 0 Å². The van der Waals surface area contributed by atoms with Gasteiger partial charge in [-0.25, -0.2) is 4.79 Å². The fraction of sp³-hybridized carbons (Fsp3) is 0.176. The van der Waals surface area contributed by atoms with E-state index in [-0.39, 0.29) is 12.5 Å². The number of esters is 1.